The number of ether oxygens (including phenoxy) is 1. The molecule has 1 rings (SSSR count). The molecule has 0 radical (unpaired) electrons. The van der Waals surface area contributed by atoms with Gasteiger partial charge in [-0.15, -0.1) is 0 Å². The van der Waals surface area contributed by atoms with E-state index in [-0.39, 0.29) is 17.5 Å². The van der Waals surface area contributed by atoms with Crippen molar-refractivity contribution in [3.05, 3.63) is 29.6 Å². The normalized spacial score (nSPS) is 10.4. The van der Waals surface area contributed by atoms with E-state index in [0.717, 1.165) is 18.7 Å². The van der Waals surface area contributed by atoms with Crippen LogP contribution in [0.5, 0.6) is 5.75 Å². The number of hydrogen-bond acceptors (Lipinski definition) is 3. The molecule has 0 aliphatic rings. The molecule has 0 unspecified atom stereocenters. The van der Waals surface area contributed by atoms with Crippen LogP contribution in [0, 0.1) is 5.82 Å². The van der Waals surface area contributed by atoms with Gasteiger partial charge in [0, 0.05) is 32.6 Å². The lowest BCUT2D eigenvalue weighted by atomic mass is 10.2. The lowest BCUT2D eigenvalue weighted by molar-refractivity contribution is -0.130. The van der Waals surface area contributed by atoms with Crippen molar-refractivity contribution in [2.45, 2.75) is 26.8 Å². The standard InChI is InChI=1S/C15H23FN2O2/c1-4-18(5-2)15(19)8-9-17-11-12-6-7-14(20-3)13(16)10-12/h6-7,10,17H,4-5,8-9,11H2,1-3H3. The first kappa shape index (κ1) is 16.4. The van der Waals surface area contributed by atoms with E-state index in [1.165, 1.54) is 13.2 Å². The number of halogens is 1. The Bertz CT molecular complexity index is 434. The van der Waals surface area contributed by atoms with Gasteiger partial charge < -0.3 is 15.0 Å². The number of carbonyl (C=O) groups excluding carboxylic acids is 1. The molecule has 4 nitrogen and oxygen atoms in total. The Kier molecular flexibility index (Phi) is 7.01. The number of hydrogen-bond donors (Lipinski definition) is 1. The molecule has 0 bridgehead atoms. The fraction of sp³-hybridized carbons (Fsp3) is 0.533. The molecule has 1 amide bonds. The van der Waals surface area contributed by atoms with Crippen molar-refractivity contribution in [3.63, 3.8) is 0 Å². The van der Waals surface area contributed by atoms with Crippen LogP contribution in [0.4, 0.5) is 4.39 Å². The van der Waals surface area contributed by atoms with Crippen LogP contribution in [0.25, 0.3) is 0 Å². The van der Waals surface area contributed by atoms with E-state index >= 15 is 0 Å². The molecule has 20 heavy (non-hydrogen) atoms. The summed E-state index contributed by atoms with van der Waals surface area (Å²) in [6.07, 6.45) is 0.459. The fourth-order valence-corrected chi connectivity index (χ4v) is 1.98. The number of rotatable bonds is 8. The van der Waals surface area contributed by atoms with Crippen molar-refractivity contribution in [2.75, 3.05) is 26.7 Å². The first-order valence-corrected chi connectivity index (χ1v) is 6.93. The van der Waals surface area contributed by atoms with Gasteiger partial charge in [0.1, 0.15) is 0 Å². The van der Waals surface area contributed by atoms with Gasteiger partial charge in [-0.2, -0.15) is 0 Å². The van der Waals surface area contributed by atoms with Crippen molar-refractivity contribution in [1.29, 1.82) is 0 Å². The third kappa shape index (κ3) is 4.81. The summed E-state index contributed by atoms with van der Waals surface area (Å²) in [5.74, 6) is 0.0138. The summed E-state index contributed by atoms with van der Waals surface area (Å²) in [7, 11) is 1.44. The summed E-state index contributed by atoms with van der Waals surface area (Å²) >= 11 is 0. The van der Waals surface area contributed by atoms with Gasteiger partial charge in [-0.1, -0.05) is 6.07 Å². The first-order chi connectivity index (χ1) is 9.62. The highest BCUT2D eigenvalue weighted by molar-refractivity contribution is 5.76. The van der Waals surface area contributed by atoms with Crippen LogP contribution >= 0.6 is 0 Å². The van der Waals surface area contributed by atoms with Gasteiger partial charge in [0.25, 0.3) is 0 Å². The highest BCUT2D eigenvalue weighted by Crippen LogP contribution is 2.17. The van der Waals surface area contributed by atoms with E-state index in [9.17, 15) is 9.18 Å². The lowest BCUT2D eigenvalue weighted by Gasteiger charge is -2.18. The molecule has 5 heteroatoms. The maximum absolute atomic E-state index is 13.5. The van der Waals surface area contributed by atoms with E-state index in [0.29, 0.717) is 19.5 Å². The van der Waals surface area contributed by atoms with Crippen molar-refractivity contribution in [3.8, 4) is 5.75 Å². The Morgan fingerprint density at radius 1 is 1.35 bits per heavy atom. The molecule has 0 aliphatic carbocycles. The number of carbonyl (C=O) groups is 1. The van der Waals surface area contributed by atoms with E-state index in [1.807, 2.05) is 13.8 Å². The summed E-state index contributed by atoms with van der Waals surface area (Å²) in [5.41, 5.74) is 0.832. The largest absolute Gasteiger partial charge is 0.494 e. The molecule has 0 fully saturated rings. The van der Waals surface area contributed by atoms with E-state index in [2.05, 4.69) is 5.32 Å². The number of nitrogens with one attached hydrogen (secondary N) is 1. The summed E-state index contributed by atoms with van der Waals surface area (Å²) in [5, 5.41) is 3.15. The smallest absolute Gasteiger partial charge is 0.223 e. The Balaban J connectivity index is 2.34. The highest BCUT2D eigenvalue weighted by Gasteiger charge is 2.08. The molecule has 0 spiro atoms. The predicted molar refractivity (Wildman–Crippen MR) is 77.2 cm³/mol. The summed E-state index contributed by atoms with van der Waals surface area (Å²) in [6, 6.07) is 4.85. The van der Waals surface area contributed by atoms with Crippen molar-refractivity contribution in [2.24, 2.45) is 0 Å². The maximum atomic E-state index is 13.5. The molecule has 1 aromatic rings. The molecular formula is C15H23FN2O2. The Morgan fingerprint density at radius 2 is 2.05 bits per heavy atom. The monoisotopic (exact) mass is 282 g/mol. The molecular weight excluding hydrogens is 259 g/mol. The minimum atomic E-state index is -0.369. The molecule has 0 saturated carbocycles. The third-order valence-electron chi connectivity index (χ3n) is 3.18. The minimum absolute atomic E-state index is 0.142. The second-order valence-electron chi connectivity index (χ2n) is 4.46. The van der Waals surface area contributed by atoms with Crippen LogP contribution in [-0.4, -0.2) is 37.6 Å². The molecule has 0 aromatic heterocycles. The van der Waals surface area contributed by atoms with Gasteiger partial charge >= 0.3 is 0 Å². The zero-order valence-electron chi connectivity index (χ0n) is 12.4. The molecule has 1 aromatic carbocycles. The summed E-state index contributed by atoms with van der Waals surface area (Å²) in [4.78, 5) is 13.6. The Labute approximate surface area is 119 Å². The quantitative estimate of drug-likeness (QED) is 0.743. The van der Waals surface area contributed by atoms with Gasteiger partial charge in [-0.25, -0.2) is 4.39 Å². The molecule has 1 N–H and O–H groups in total. The summed E-state index contributed by atoms with van der Waals surface area (Å²) < 4.78 is 18.3. The highest BCUT2D eigenvalue weighted by atomic mass is 19.1. The second kappa shape index (κ2) is 8.53. The Morgan fingerprint density at radius 3 is 2.60 bits per heavy atom. The minimum Gasteiger partial charge on any atom is -0.494 e. The number of amides is 1. The van der Waals surface area contributed by atoms with Crippen LogP contribution in [0.3, 0.4) is 0 Å². The van der Waals surface area contributed by atoms with Crippen molar-refractivity contribution < 1.29 is 13.9 Å². The van der Waals surface area contributed by atoms with Gasteiger partial charge in [0.2, 0.25) is 5.91 Å². The van der Waals surface area contributed by atoms with Gasteiger partial charge in [0.05, 0.1) is 7.11 Å². The van der Waals surface area contributed by atoms with Gasteiger partial charge in [0.15, 0.2) is 11.6 Å². The van der Waals surface area contributed by atoms with Crippen molar-refractivity contribution >= 4 is 5.91 Å². The average molecular weight is 282 g/mol. The maximum Gasteiger partial charge on any atom is 0.223 e. The number of methoxy groups -OCH3 is 1. The van der Waals surface area contributed by atoms with Gasteiger partial charge in [-0.3, -0.25) is 4.79 Å². The van der Waals surface area contributed by atoms with Crippen LogP contribution in [-0.2, 0) is 11.3 Å². The number of benzene rings is 1. The topological polar surface area (TPSA) is 41.6 Å². The molecule has 0 heterocycles. The first-order valence-electron chi connectivity index (χ1n) is 6.93. The second-order valence-corrected chi connectivity index (χ2v) is 4.46. The lowest BCUT2D eigenvalue weighted by Crippen LogP contribution is -2.32. The van der Waals surface area contributed by atoms with Crippen molar-refractivity contribution in [1.82, 2.24) is 10.2 Å². The van der Waals surface area contributed by atoms with E-state index in [1.54, 1.807) is 17.0 Å². The average Bonchev–Trinajstić information content (AvgIpc) is 2.45. The molecule has 0 aliphatic heterocycles. The SMILES string of the molecule is CCN(CC)C(=O)CCNCc1ccc(OC)c(F)c1. The van der Waals surface area contributed by atoms with Crippen LogP contribution in [0.15, 0.2) is 18.2 Å². The molecule has 112 valence electrons. The van der Waals surface area contributed by atoms with Crippen LogP contribution < -0.4 is 10.1 Å². The fourth-order valence-electron chi connectivity index (χ4n) is 1.98. The van der Waals surface area contributed by atoms with Gasteiger partial charge in [-0.05, 0) is 31.5 Å². The molecule has 0 saturated heterocycles. The zero-order valence-corrected chi connectivity index (χ0v) is 12.4. The van der Waals surface area contributed by atoms with E-state index in [4.69, 9.17) is 4.74 Å². The zero-order chi connectivity index (χ0) is 15.0. The number of nitrogens with zero attached hydrogens (tertiary/aromatic N) is 1. The third-order valence-corrected chi connectivity index (χ3v) is 3.18. The van der Waals surface area contributed by atoms with Crippen LogP contribution in [0.1, 0.15) is 25.8 Å². The predicted octanol–water partition coefficient (Wildman–Crippen LogP) is 2.18. The van der Waals surface area contributed by atoms with E-state index < -0.39 is 0 Å². The summed E-state index contributed by atoms with van der Waals surface area (Å²) in [6.45, 7) is 6.53. The van der Waals surface area contributed by atoms with Crippen LogP contribution in [0.2, 0.25) is 0 Å². The molecule has 0 atom stereocenters. The Hall–Kier alpha value is -1.62.